The average molecular weight is 272 g/mol. The molecule has 108 valence electrons. The minimum absolute atomic E-state index is 0.402. The van der Waals surface area contributed by atoms with Gasteiger partial charge >= 0.3 is 0 Å². The lowest BCUT2D eigenvalue weighted by Crippen LogP contribution is -2.42. The summed E-state index contributed by atoms with van der Waals surface area (Å²) in [5, 5.41) is 0. The van der Waals surface area contributed by atoms with Crippen molar-refractivity contribution in [3.63, 3.8) is 0 Å². The molecule has 0 bridgehead atoms. The molecule has 2 aromatic rings. The van der Waals surface area contributed by atoms with E-state index in [1.165, 1.54) is 18.7 Å². The summed E-state index contributed by atoms with van der Waals surface area (Å²) >= 11 is 0. The molecule has 4 heteroatoms. The first-order valence-corrected chi connectivity index (χ1v) is 7.74. The molecule has 0 aromatic carbocycles. The van der Waals surface area contributed by atoms with Gasteiger partial charge in [-0.05, 0) is 44.2 Å². The van der Waals surface area contributed by atoms with Crippen LogP contribution in [0.15, 0.2) is 30.6 Å². The molecule has 0 atom stereocenters. The summed E-state index contributed by atoms with van der Waals surface area (Å²) in [4.78, 5) is 6.95. The van der Waals surface area contributed by atoms with E-state index in [0.717, 1.165) is 31.5 Å². The number of hydrogen-bond donors (Lipinski definition) is 1. The Labute approximate surface area is 120 Å². The fourth-order valence-corrected chi connectivity index (χ4v) is 3.31. The Bertz CT molecular complexity index is 554. The molecule has 1 fully saturated rings. The first-order valence-electron chi connectivity index (χ1n) is 7.74. The largest absolute Gasteiger partial charge is 0.355 e. The highest BCUT2D eigenvalue weighted by Crippen LogP contribution is 2.27. The van der Waals surface area contributed by atoms with Crippen LogP contribution in [-0.2, 0) is 0 Å². The number of nitrogens with two attached hydrogens (primary N) is 1. The molecule has 0 saturated heterocycles. The Morgan fingerprint density at radius 2 is 2.10 bits per heavy atom. The molecular formula is C16H24N4. The van der Waals surface area contributed by atoms with Crippen molar-refractivity contribution in [3.8, 4) is 0 Å². The molecule has 0 unspecified atom stereocenters. The molecule has 2 N–H and O–H groups in total. The zero-order valence-electron chi connectivity index (χ0n) is 12.2. The van der Waals surface area contributed by atoms with Crippen molar-refractivity contribution in [1.29, 1.82) is 0 Å². The minimum atomic E-state index is 0.402. The standard InChI is InChI=1S/C16H24N4/c1-2-11-19(14-8-6-13(17)7-9-14)16-5-3-4-15-18-10-12-20(15)16/h3-5,10,12-14H,2,6-9,11,17H2,1H3. The summed E-state index contributed by atoms with van der Waals surface area (Å²) < 4.78 is 2.20. The lowest BCUT2D eigenvalue weighted by atomic mass is 9.90. The van der Waals surface area contributed by atoms with Crippen LogP contribution in [0.2, 0.25) is 0 Å². The molecule has 3 rings (SSSR count). The van der Waals surface area contributed by atoms with Gasteiger partial charge in [0.1, 0.15) is 11.5 Å². The fourth-order valence-electron chi connectivity index (χ4n) is 3.31. The normalized spacial score (nSPS) is 23.1. The van der Waals surface area contributed by atoms with Gasteiger partial charge < -0.3 is 10.6 Å². The zero-order valence-corrected chi connectivity index (χ0v) is 12.2. The van der Waals surface area contributed by atoms with Crippen LogP contribution < -0.4 is 10.6 Å². The van der Waals surface area contributed by atoms with Crippen LogP contribution in [0.1, 0.15) is 39.0 Å². The number of fused-ring (bicyclic) bond motifs is 1. The summed E-state index contributed by atoms with van der Waals surface area (Å²) in [6, 6.07) is 7.39. The Morgan fingerprint density at radius 1 is 1.30 bits per heavy atom. The van der Waals surface area contributed by atoms with Crippen molar-refractivity contribution in [1.82, 2.24) is 9.38 Å². The second-order valence-corrected chi connectivity index (χ2v) is 5.80. The Kier molecular flexibility index (Phi) is 3.92. The minimum Gasteiger partial charge on any atom is -0.355 e. The van der Waals surface area contributed by atoms with Gasteiger partial charge in [0, 0.05) is 31.0 Å². The van der Waals surface area contributed by atoms with E-state index in [9.17, 15) is 0 Å². The highest BCUT2D eigenvalue weighted by atomic mass is 15.2. The topological polar surface area (TPSA) is 46.6 Å². The fraction of sp³-hybridized carbons (Fsp3) is 0.562. The van der Waals surface area contributed by atoms with Gasteiger partial charge in [-0.15, -0.1) is 0 Å². The molecule has 1 aliphatic rings. The van der Waals surface area contributed by atoms with Crippen LogP contribution in [0.3, 0.4) is 0 Å². The quantitative estimate of drug-likeness (QED) is 0.931. The van der Waals surface area contributed by atoms with E-state index in [4.69, 9.17) is 5.73 Å². The predicted octanol–water partition coefficient (Wildman–Crippen LogP) is 2.82. The van der Waals surface area contributed by atoms with Crippen molar-refractivity contribution in [2.75, 3.05) is 11.4 Å². The highest BCUT2D eigenvalue weighted by Gasteiger charge is 2.25. The first-order chi connectivity index (χ1) is 9.79. The number of rotatable bonds is 4. The highest BCUT2D eigenvalue weighted by molar-refractivity contribution is 5.52. The lowest BCUT2D eigenvalue weighted by molar-refractivity contribution is 0.373. The van der Waals surface area contributed by atoms with E-state index < -0.39 is 0 Å². The van der Waals surface area contributed by atoms with Crippen LogP contribution in [0.25, 0.3) is 5.65 Å². The summed E-state index contributed by atoms with van der Waals surface area (Å²) in [5.74, 6) is 1.27. The van der Waals surface area contributed by atoms with E-state index in [2.05, 4.69) is 45.6 Å². The Morgan fingerprint density at radius 3 is 2.85 bits per heavy atom. The van der Waals surface area contributed by atoms with Crippen molar-refractivity contribution in [2.45, 2.75) is 51.1 Å². The molecule has 1 aliphatic carbocycles. The number of hydrogen-bond acceptors (Lipinski definition) is 3. The summed E-state index contributed by atoms with van der Waals surface area (Å²) in [5.41, 5.74) is 7.07. The van der Waals surface area contributed by atoms with E-state index in [0.29, 0.717) is 12.1 Å². The van der Waals surface area contributed by atoms with Crippen LogP contribution in [0.5, 0.6) is 0 Å². The summed E-state index contributed by atoms with van der Waals surface area (Å²) in [6.45, 7) is 3.34. The van der Waals surface area contributed by atoms with Gasteiger partial charge in [-0.2, -0.15) is 0 Å². The van der Waals surface area contributed by atoms with E-state index >= 15 is 0 Å². The SMILES string of the molecule is CCCN(c1cccc2nccn12)C1CCC(N)CC1. The van der Waals surface area contributed by atoms with Gasteiger partial charge in [-0.1, -0.05) is 13.0 Å². The van der Waals surface area contributed by atoms with Crippen molar-refractivity contribution >= 4 is 11.5 Å². The lowest BCUT2D eigenvalue weighted by Gasteiger charge is -2.37. The maximum atomic E-state index is 6.05. The maximum Gasteiger partial charge on any atom is 0.138 e. The second kappa shape index (κ2) is 5.83. The predicted molar refractivity (Wildman–Crippen MR) is 83.1 cm³/mol. The number of imidazole rings is 1. The van der Waals surface area contributed by atoms with Crippen molar-refractivity contribution in [2.24, 2.45) is 5.73 Å². The van der Waals surface area contributed by atoms with Gasteiger partial charge in [-0.25, -0.2) is 4.98 Å². The number of anilines is 1. The smallest absolute Gasteiger partial charge is 0.138 e. The molecule has 1 saturated carbocycles. The summed E-state index contributed by atoms with van der Waals surface area (Å²) in [6.07, 6.45) is 9.78. The molecule has 2 heterocycles. The van der Waals surface area contributed by atoms with Crippen LogP contribution in [0.4, 0.5) is 5.82 Å². The zero-order chi connectivity index (χ0) is 13.9. The molecule has 0 aliphatic heterocycles. The number of nitrogens with zero attached hydrogens (tertiary/aromatic N) is 3. The molecule has 0 spiro atoms. The van der Waals surface area contributed by atoms with Crippen LogP contribution >= 0.6 is 0 Å². The van der Waals surface area contributed by atoms with Gasteiger partial charge in [0.05, 0.1) is 0 Å². The average Bonchev–Trinajstić information content (AvgIpc) is 2.94. The molecule has 2 aromatic heterocycles. The second-order valence-electron chi connectivity index (χ2n) is 5.80. The van der Waals surface area contributed by atoms with Crippen molar-refractivity contribution in [3.05, 3.63) is 30.6 Å². The summed E-state index contributed by atoms with van der Waals surface area (Å²) in [7, 11) is 0. The van der Waals surface area contributed by atoms with Crippen LogP contribution in [0, 0.1) is 0 Å². The Hall–Kier alpha value is -1.55. The Balaban J connectivity index is 1.91. The van der Waals surface area contributed by atoms with Crippen molar-refractivity contribution < 1.29 is 0 Å². The van der Waals surface area contributed by atoms with E-state index in [1.807, 2.05) is 6.20 Å². The molecule has 0 amide bonds. The van der Waals surface area contributed by atoms with Gasteiger partial charge in [0.25, 0.3) is 0 Å². The van der Waals surface area contributed by atoms with Crippen LogP contribution in [-0.4, -0.2) is 28.0 Å². The van der Waals surface area contributed by atoms with E-state index in [-0.39, 0.29) is 0 Å². The molecule has 20 heavy (non-hydrogen) atoms. The molecule has 0 radical (unpaired) electrons. The number of aromatic nitrogens is 2. The third-order valence-electron chi connectivity index (χ3n) is 4.35. The number of pyridine rings is 1. The molecular weight excluding hydrogens is 248 g/mol. The third kappa shape index (κ3) is 2.52. The monoisotopic (exact) mass is 272 g/mol. The first kappa shape index (κ1) is 13.4. The van der Waals surface area contributed by atoms with Gasteiger partial charge in [-0.3, -0.25) is 4.40 Å². The van der Waals surface area contributed by atoms with E-state index in [1.54, 1.807) is 0 Å². The van der Waals surface area contributed by atoms with Gasteiger partial charge in [0.15, 0.2) is 0 Å². The molecule has 4 nitrogen and oxygen atoms in total. The maximum absolute atomic E-state index is 6.05. The third-order valence-corrected chi connectivity index (χ3v) is 4.35. The van der Waals surface area contributed by atoms with Gasteiger partial charge in [0.2, 0.25) is 0 Å².